The van der Waals surface area contributed by atoms with E-state index >= 15 is 0 Å². The molecule has 57 heavy (non-hydrogen) atoms. The van der Waals surface area contributed by atoms with Gasteiger partial charge in [-0.1, -0.05) is 146 Å². The normalized spacial score (nSPS) is 15.9. The van der Waals surface area contributed by atoms with Gasteiger partial charge >= 0.3 is 0 Å². The van der Waals surface area contributed by atoms with Gasteiger partial charge in [-0.15, -0.1) is 11.3 Å². The molecular formula is C51H34N4OS. The Morgan fingerprint density at radius 2 is 1.21 bits per heavy atom. The third-order valence-electron chi connectivity index (χ3n) is 11.5. The van der Waals surface area contributed by atoms with Crippen molar-refractivity contribution in [3.8, 4) is 16.8 Å². The number of amidine groups is 1. The van der Waals surface area contributed by atoms with E-state index in [2.05, 4.69) is 191 Å². The zero-order chi connectivity index (χ0) is 37.5. The summed E-state index contributed by atoms with van der Waals surface area (Å²) < 4.78 is 11.8. The molecule has 3 aromatic heterocycles. The van der Waals surface area contributed by atoms with Gasteiger partial charge in [0.25, 0.3) is 0 Å². The van der Waals surface area contributed by atoms with Gasteiger partial charge in [-0.2, -0.15) is 0 Å². The number of aromatic nitrogens is 1. The lowest BCUT2D eigenvalue weighted by atomic mass is 9.99. The van der Waals surface area contributed by atoms with E-state index in [9.17, 15) is 0 Å². The molecule has 0 saturated carbocycles. The molecule has 1 aliphatic rings. The van der Waals surface area contributed by atoms with Gasteiger partial charge in [-0.05, 0) is 47.5 Å². The molecule has 1 aliphatic heterocycles. The van der Waals surface area contributed by atoms with Crippen molar-refractivity contribution in [2.75, 3.05) is 0 Å². The Hall–Kier alpha value is -6.99. The van der Waals surface area contributed by atoms with Gasteiger partial charge in [-0.25, -0.2) is 4.99 Å². The van der Waals surface area contributed by atoms with Crippen molar-refractivity contribution < 1.29 is 4.42 Å². The Morgan fingerprint density at radius 3 is 2.00 bits per heavy atom. The maximum Gasteiger partial charge on any atom is 0.143 e. The highest BCUT2D eigenvalue weighted by molar-refractivity contribution is 7.26. The molecule has 0 radical (unpaired) electrons. The third-order valence-corrected chi connectivity index (χ3v) is 12.7. The van der Waals surface area contributed by atoms with Crippen molar-refractivity contribution in [3.63, 3.8) is 0 Å². The smallest absolute Gasteiger partial charge is 0.143 e. The van der Waals surface area contributed by atoms with Crippen molar-refractivity contribution in [3.05, 3.63) is 199 Å². The molecule has 5 nitrogen and oxygen atoms in total. The van der Waals surface area contributed by atoms with Crippen LogP contribution in [0.1, 0.15) is 29.0 Å². The maximum absolute atomic E-state index is 6.88. The molecular weight excluding hydrogens is 717 g/mol. The fourth-order valence-corrected chi connectivity index (χ4v) is 10.1. The van der Waals surface area contributed by atoms with Crippen molar-refractivity contribution in [2.45, 2.75) is 12.3 Å². The number of furan rings is 1. The number of aliphatic imine (C=N–C) groups is 1. The van der Waals surface area contributed by atoms with E-state index in [0.29, 0.717) is 0 Å². The van der Waals surface area contributed by atoms with E-state index in [-0.39, 0.29) is 12.3 Å². The van der Waals surface area contributed by atoms with Crippen LogP contribution in [0.3, 0.4) is 0 Å². The number of nitrogens with one attached hydrogen (secondary N) is 2. The predicted octanol–water partition coefficient (Wildman–Crippen LogP) is 13.1. The molecule has 2 unspecified atom stereocenters. The van der Waals surface area contributed by atoms with Crippen LogP contribution >= 0.6 is 11.3 Å². The topological polar surface area (TPSA) is 54.5 Å². The maximum atomic E-state index is 6.88. The van der Waals surface area contributed by atoms with E-state index in [1.54, 1.807) is 0 Å². The van der Waals surface area contributed by atoms with Crippen LogP contribution in [0.25, 0.3) is 80.7 Å². The van der Waals surface area contributed by atoms with Crippen LogP contribution in [0.4, 0.5) is 0 Å². The van der Waals surface area contributed by atoms with Crippen LogP contribution in [0.5, 0.6) is 0 Å². The fourth-order valence-electron chi connectivity index (χ4n) is 8.90. The highest BCUT2D eigenvalue weighted by Crippen LogP contribution is 2.45. The minimum atomic E-state index is -0.234. The third kappa shape index (κ3) is 5.08. The zero-order valence-electron chi connectivity index (χ0n) is 30.7. The highest BCUT2D eigenvalue weighted by Gasteiger charge is 2.26. The van der Waals surface area contributed by atoms with Crippen molar-refractivity contribution in [1.29, 1.82) is 0 Å². The van der Waals surface area contributed by atoms with Crippen molar-refractivity contribution in [1.82, 2.24) is 15.2 Å². The summed E-state index contributed by atoms with van der Waals surface area (Å²) in [5, 5.41) is 14.6. The molecule has 0 saturated heterocycles. The molecule has 6 heteroatoms. The van der Waals surface area contributed by atoms with Gasteiger partial charge in [0, 0.05) is 53.0 Å². The van der Waals surface area contributed by atoms with Gasteiger partial charge in [0.05, 0.1) is 22.1 Å². The van der Waals surface area contributed by atoms with E-state index in [4.69, 9.17) is 9.41 Å². The standard InChI is InChI=1S/C51H34N4OS/c1-3-14-31(15-4-1)49-52-50(32-16-5-2-6-17-32)54-51(53-49)33-28-29-45-40(30-33)38-22-12-21-37(48(38)57-45)36-20-11-23-39-46-43(26-13-27-44(46)56-47(36)39)55-41-24-9-7-18-34(41)35-19-8-10-25-42(35)55/h1-30,49,51,53H,(H,52,54). The lowest BCUT2D eigenvalue weighted by molar-refractivity contribution is 0.409. The Kier molecular flexibility index (Phi) is 7.24. The molecule has 8 aromatic carbocycles. The summed E-state index contributed by atoms with van der Waals surface area (Å²) in [4.78, 5) is 5.23. The van der Waals surface area contributed by atoms with Gasteiger partial charge in [0.1, 0.15) is 29.3 Å². The summed E-state index contributed by atoms with van der Waals surface area (Å²) in [5.74, 6) is 0.881. The molecule has 12 rings (SSSR count). The first-order valence-electron chi connectivity index (χ1n) is 19.4. The first-order valence-corrected chi connectivity index (χ1v) is 20.2. The molecule has 270 valence electrons. The second kappa shape index (κ2) is 12.8. The number of hydrogen-bond donors (Lipinski definition) is 2. The van der Waals surface area contributed by atoms with Crippen LogP contribution in [0.15, 0.2) is 191 Å². The molecule has 2 atom stereocenters. The average Bonchev–Trinajstić information content (AvgIpc) is 3.96. The molecule has 0 amide bonds. The summed E-state index contributed by atoms with van der Waals surface area (Å²) in [6.07, 6.45) is -0.326. The number of nitrogens with zero attached hydrogens (tertiary/aromatic N) is 2. The minimum absolute atomic E-state index is 0.0924. The molecule has 0 aliphatic carbocycles. The molecule has 0 spiro atoms. The SMILES string of the molecule is c1ccc(C2=NC(c3ccc4sc5c(-c6cccc7c6oc6cccc(-n8c9ccccc9c9ccccc98)c67)cccc5c4c3)NC(c3ccccc3)N2)cc1. The highest BCUT2D eigenvalue weighted by atomic mass is 32.1. The van der Waals surface area contributed by atoms with Crippen molar-refractivity contribution >= 4 is 81.1 Å². The molecule has 2 N–H and O–H groups in total. The number of hydrogen-bond acceptors (Lipinski definition) is 5. The average molecular weight is 751 g/mol. The summed E-state index contributed by atoms with van der Waals surface area (Å²) in [7, 11) is 0. The largest absolute Gasteiger partial charge is 0.455 e. The Morgan fingerprint density at radius 1 is 0.544 bits per heavy atom. The van der Waals surface area contributed by atoms with Crippen LogP contribution in [-0.4, -0.2) is 10.4 Å². The Bertz CT molecular complexity index is 3320. The number of fused-ring (bicyclic) bond motifs is 9. The Labute approximate surface area is 332 Å². The van der Waals surface area contributed by atoms with Gasteiger partial charge in [0.2, 0.25) is 0 Å². The molecule has 11 aromatic rings. The van der Waals surface area contributed by atoms with E-state index in [1.807, 2.05) is 17.4 Å². The predicted molar refractivity (Wildman–Crippen MR) is 238 cm³/mol. The summed E-state index contributed by atoms with van der Waals surface area (Å²) >= 11 is 1.84. The second-order valence-electron chi connectivity index (χ2n) is 14.7. The first kappa shape index (κ1) is 32.3. The van der Waals surface area contributed by atoms with E-state index in [0.717, 1.165) is 50.2 Å². The number of thiophene rings is 1. The van der Waals surface area contributed by atoms with E-state index in [1.165, 1.54) is 53.1 Å². The number of rotatable bonds is 5. The zero-order valence-corrected chi connectivity index (χ0v) is 31.5. The molecule has 0 bridgehead atoms. The van der Waals surface area contributed by atoms with Crippen LogP contribution in [-0.2, 0) is 0 Å². The second-order valence-corrected chi connectivity index (χ2v) is 15.8. The van der Waals surface area contributed by atoms with Crippen molar-refractivity contribution in [2.24, 2.45) is 4.99 Å². The summed E-state index contributed by atoms with van der Waals surface area (Å²) in [6.45, 7) is 0. The van der Waals surface area contributed by atoms with E-state index < -0.39 is 0 Å². The summed E-state index contributed by atoms with van der Waals surface area (Å²) in [5.41, 5.74) is 10.9. The van der Waals surface area contributed by atoms with Gasteiger partial charge in [-0.3, -0.25) is 5.32 Å². The molecule has 0 fully saturated rings. The number of para-hydroxylation sites is 3. The molecule has 4 heterocycles. The Balaban J connectivity index is 1.00. The fraction of sp³-hybridized carbons (Fsp3) is 0.0392. The lowest BCUT2D eigenvalue weighted by Gasteiger charge is -2.32. The first-order chi connectivity index (χ1) is 28.3. The van der Waals surface area contributed by atoms with Gasteiger partial charge in [0.15, 0.2) is 0 Å². The van der Waals surface area contributed by atoms with Gasteiger partial charge < -0.3 is 14.3 Å². The van der Waals surface area contributed by atoms with Crippen LogP contribution < -0.4 is 10.6 Å². The monoisotopic (exact) mass is 750 g/mol. The summed E-state index contributed by atoms with van der Waals surface area (Å²) in [6, 6.07) is 64.8. The lowest BCUT2D eigenvalue weighted by Crippen LogP contribution is -2.44. The minimum Gasteiger partial charge on any atom is -0.455 e. The number of benzene rings is 8. The van der Waals surface area contributed by atoms with Crippen LogP contribution in [0, 0.1) is 0 Å². The van der Waals surface area contributed by atoms with Crippen LogP contribution in [0.2, 0.25) is 0 Å². The quantitative estimate of drug-likeness (QED) is 0.184.